The molecule has 0 heterocycles. The predicted octanol–water partition coefficient (Wildman–Crippen LogP) is 4.17. The summed E-state index contributed by atoms with van der Waals surface area (Å²) in [5.74, 6) is 0. The van der Waals surface area contributed by atoms with E-state index < -0.39 is 18.4 Å². The largest absolute Gasteiger partial charge is 0.510 e. The van der Waals surface area contributed by atoms with Crippen molar-refractivity contribution in [2.45, 2.75) is 19.1 Å². The number of hydrogen-bond donors (Lipinski definition) is 0. The van der Waals surface area contributed by atoms with Gasteiger partial charge in [-0.2, -0.15) is 5.26 Å². The molecule has 4 nitrogen and oxygen atoms in total. The Morgan fingerprint density at radius 1 is 0.952 bits per heavy atom. The molecule has 0 spiro atoms. The van der Waals surface area contributed by atoms with Crippen LogP contribution in [0.3, 0.4) is 0 Å². The fraction of sp³-hybridized carbons (Fsp3) is 0.176. The van der Waals surface area contributed by atoms with Gasteiger partial charge in [0.1, 0.15) is 12.2 Å². The lowest BCUT2D eigenvalue weighted by molar-refractivity contribution is 0.0147. The summed E-state index contributed by atoms with van der Waals surface area (Å²) in [6.45, 7) is 1.75. The van der Waals surface area contributed by atoms with Gasteiger partial charge in [-0.05, 0) is 12.5 Å². The molecule has 0 aliphatic rings. The maximum absolute atomic E-state index is 11.8. The normalized spacial score (nSPS) is 12.8. The third kappa shape index (κ3) is 4.08. The number of nitriles is 1. The number of nitrogens with zero attached hydrogens (tertiary/aromatic N) is 1. The SMILES string of the molecule is C[C@H](OC(=O)O[C@@H](C#N)c1ccccc1)c1ccccc1. The molecule has 106 valence electrons. The number of ether oxygens (including phenoxy) is 2. The van der Waals surface area contributed by atoms with Crippen molar-refractivity contribution in [2.24, 2.45) is 0 Å². The minimum absolute atomic E-state index is 0.436. The van der Waals surface area contributed by atoms with Gasteiger partial charge in [-0.3, -0.25) is 0 Å². The molecule has 0 radical (unpaired) electrons. The van der Waals surface area contributed by atoms with Crippen LogP contribution in [0.15, 0.2) is 60.7 Å². The third-order valence-electron chi connectivity index (χ3n) is 2.98. The molecule has 0 N–H and O–H groups in total. The highest BCUT2D eigenvalue weighted by atomic mass is 16.7. The Kier molecular flexibility index (Phi) is 4.94. The van der Waals surface area contributed by atoms with E-state index in [0.29, 0.717) is 5.56 Å². The van der Waals surface area contributed by atoms with E-state index in [1.165, 1.54) is 0 Å². The lowest BCUT2D eigenvalue weighted by Gasteiger charge is -2.15. The van der Waals surface area contributed by atoms with Crippen molar-refractivity contribution in [3.05, 3.63) is 71.8 Å². The highest BCUT2D eigenvalue weighted by Gasteiger charge is 2.19. The molecule has 0 saturated carbocycles. The van der Waals surface area contributed by atoms with Crippen molar-refractivity contribution in [3.8, 4) is 6.07 Å². The molecule has 21 heavy (non-hydrogen) atoms. The molecule has 4 heteroatoms. The van der Waals surface area contributed by atoms with Gasteiger partial charge in [-0.1, -0.05) is 60.7 Å². The maximum Gasteiger partial charge on any atom is 0.510 e. The van der Waals surface area contributed by atoms with Gasteiger partial charge in [0.15, 0.2) is 0 Å². The van der Waals surface area contributed by atoms with Gasteiger partial charge in [0, 0.05) is 5.56 Å². The number of carbonyl (C=O) groups is 1. The fourth-order valence-electron chi connectivity index (χ4n) is 1.86. The van der Waals surface area contributed by atoms with Crippen molar-refractivity contribution >= 4 is 6.16 Å². The topological polar surface area (TPSA) is 59.3 Å². The minimum Gasteiger partial charge on any atom is -0.426 e. The van der Waals surface area contributed by atoms with Crippen molar-refractivity contribution < 1.29 is 14.3 Å². The Labute approximate surface area is 123 Å². The summed E-state index contributed by atoms with van der Waals surface area (Å²) >= 11 is 0. The minimum atomic E-state index is -0.971. The Bertz CT molecular complexity index is 619. The van der Waals surface area contributed by atoms with Crippen LogP contribution < -0.4 is 0 Å². The first-order valence-corrected chi connectivity index (χ1v) is 6.57. The lowest BCUT2D eigenvalue weighted by atomic mass is 10.1. The van der Waals surface area contributed by atoms with E-state index in [-0.39, 0.29) is 0 Å². The van der Waals surface area contributed by atoms with E-state index in [9.17, 15) is 4.79 Å². The third-order valence-corrected chi connectivity index (χ3v) is 2.98. The highest BCUT2D eigenvalue weighted by Crippen LogP contribution is 2.20. The summed E-state index contributed by atoms with van der Waals surface area (Å²) in [5, 5.41) is 9.10. The van der Waals surface area contributed by atoms with Crippen LogP contribution in [0.25, 0.3) is 0 Å². The van der Waals surface area contributed by atoms with Gasteiger partial charge in [0.05, 0.1) is 0 Å². The number of hydrogen-bond acceptors (Lipinski definition) is 4. The van der Waals surface area contributed by atoms with Crippen LogP contribution in [0.2, 0.25) is 0 Å². The van der Waals surface area contributed by atoms with Crippen LogP contribution in [0.1, 0.15) is 30.3 Å². The van der Waals surface area contributed by atoms with E-state index in [2.05, 4.69) is 0 Å². The van der Waals surface area contributed by atoms with Crippen LogP contribution in [-0.4, -0.2) is 6.16 Å². The molecule has 0 aromatic heterocycles. The quantitative estimate of drug-likeness (QED) is 0.789. The smallest absolute Gasteiger partial charge is 0.426 e. The van der Waals surface area contributed by atoms with Gasteiger partial charge in [-0.25, -0.2) is 4.79 Å². The summed E-state index contributed by atoms with van der Waals surface area (Å²) in [4.78, 5) is 11.8. The highest BCUT2D eigenvalue weighted by molar-refractivity contribution is 5.61. The van der Waals surface area contributed by atoms with E-state index in [1.807, 2.05) is 42.5 Å². The van der Waals surface area contributed by atoms with E-state index in [1.54, 1.807) is 31.2 Å². The second-order valence-corrected chi connectivity index (χ2v) is 4.46. The maximum atomic E-state index is 11.8. The zero-order chi connectivity index (χ0) is 15.1. The van der Waals surface area contributed by atoms with Crippen molar-refractivity contribution in [1.29, 1.82) is 5.26 Å². The molecule has 2 rings (SSSR count). The zero-order valence-electron chi connectivity index (χ0n) is 11.6. The molecule has 0 fully saturated rings. The first kappa shape index (κ1) is 14.6. The fourth-order valence-corrected chi connectivity index (χ4v) is 1.86. The van der Waals surface area contributed by atoms with Crippen LogP contribution in [0.4, 0.5) is 4.79 Å². The average Bonchev–Trinajstić information content (AvgIpc) is 2.54. The van der Waals surface area contributed by atoms with E-state index >= 15 is 0 Å². The Balaban J connectivity index is 1.97. The first-order valence-electron chi connectivity index (χ1n) is 6.57. The summed E-state index contributed by atoms with van der Waals surface area (Å²) in [5.41, 5.74) is 1.48. The van der Waals surface area contributed by atoms with Gasteiger partial charge in [-0.15, -0.1) is 0 Å². The van der Waals surface area contributed by atoms with Crippen molar-refractivity contribution in [1.82, 2.24) is 0 Å². The van der Waals surface area contributed by atoms with E-state index in [4.69, 9.17) is 14.7 Å². The van der Waals surface area contributed by atoms with Crippen LogP contribution in [0, 0.1) is 11.3 Å². The summed E-state index contributed by atoms with van der Waals surface area (Å²) in [7, 11) is 0. The van der Waals surface area contributed by atoms with Crippen LogP contribution in [-0.2, 0) is 9.47 Å². The van der Waals surface area contributed by atoms with E-state index in [0.717, 1.165) is 5.56 Å². The Hall–Kier alpha value is -2.80. The number of benzene rings is 2. The molecule has 2 atom stereocenters. The molecule has 0 saturated heterocycles. The van der Waals surface area contributed by atoms with Gasteiger partial charge in [0.2, 0.25) is 6.10 Å². The number of carbonyl (C=O) groups excluding carboxylic acids is 1. The average molecular weight is 281 g/mol. The zero-order valence-corrected chi connectivity index (χ0v) is 11.6. The Morgan fingerprint density at radius 2 is 1.48 bits per heavy atom. The van der Waals surface area contributed by atoms with Crippen molar-refractivity contribution in [3.63, 3.8) is 0 Å². The second-order valence-electron chi connectivity index (χ2n) is 4.46. The second kappa shape index (κ2) is 7.11. The standard InChI is InChI=1S/C17H15NO3/c1-13(14-8-4-2-5-9-14)20-17(19)21-16(12-18)15-10-6-3-7-11-15/h2-11,13,16H,1H3/t13-,16-/m0/s1. The van der Waals surface area contributed by atoms with Crippen molar-refractivity contribution in [2.75, 3.05) is 0 Å². The molecule has 0 aliphatic carbocycles. The van der Waals surface area contributed by atoms with Gasteiger partial charge >= 0.3 is 6.16 Å². The number of rotatable bonds is 4. The monoisotopic (exact) mass is 281 g/mol. The molecule has 2 aromatic rings. The molecule has 0 bridgehead atoms. The van der Waals surface area contributed by atoms with Crippen LogP contribution >= 0.6 is 0 Å². The predicted molar refractivity (Wildman–Crippen MR) is 77.2 cm³/mol. The molecular weight excluding hydrogens is 266 g/mol. The summed E-state index contributed by atoms with van der Waals surface area (Å²) in [6, 6.07) is 20.1. The molecular formula is C17H15NO3. The van der Waals surface area contributed by atoms with Gasteiger partial charge in [0.25, 0.3) is 0 Å². The summed E-state index contributed by atoms with van der Waals surface area (Å²) in [6.07, 6.45) is -2.27. The molecule has 0 aliphatic heterocycles. The molecule has 0 amide bonds. The van der Waals surface area contributed by atoms with Crippen LogP contribution in [0.5, 0.6) is 0 Å². The molecule has 2 aromatic carbocycles. The molecule has 0 unspecified atom stereocenters. The Morgan fingerprint density at radius 3 is 2.00 bits per heavy atom. The summed E-state index contributed by atoms with van der Waals surface area (Å²) < 4.78 is 10.2. The van der Waals surface area contributed by atoms with Gasteiger partial charge < -0.3 is 9.47 Å². The lowest BCUT2D eigenvalue weighted by Crippen LogP contribution is -2.14. The first-order chi connectivity index (χ1) is 10.2.